The number of fused-ring (bicyclic) bond motifs is 6. The normalized spacial score (nSPS) is 11.5. The van der Waals surface area contributed by atoms with Crippen LogP contribution in [-0.2, 0) is 0 Å². The van der Waals surface area contributed by atoms with Crippen LogP contribution in [-0.4, -0.2) is 19.5 Å². The maximum Gasteiger partial charge on any atom is 0.164 e. The van der Waals surface area contributed by atoms with Gasteiger partial charge in [0.25, 0.3) is 0 Å². The van der Waals surface area contributed by atoms with Crippen LogP contribution in [0, 0.1) is 0 Å². The van der Waals surface area contributed by atoms with E-state index >= 15 is 0 Å². The summed E-state index contributed by atoms with van der Waals surface area (Å²) in [6.07, 6.45) is 0. The van der Waals surface area contributed by atoms with E-state index in [2.05, 4.69) is 149 Å². The lowest BCUT2D eigenvalue weighted by molar-refractivity contribution is 0.669. The fourth-order valence-corrected chi connectivity index (χ4v) is 8.00. The highest BCUT2D eigenvalue weighted by Gasteiger charge is 2.22. The summed E-state index contributed by atoms with van der Waals surface area (Å²) in [6.45, 7) is 0. The molecule has 0 atom stereocenters. The Morgan fingerprint density at radius 3 is 1.67 bits per heavy atom. The van der Waals surface area contributed by atoms with Gasteiger partial charge in [-0.15, -0.1) is 0 Å². The molecule has 0 saturated carbocycles. The highest BCUT2D eigenvalue weighted by atomic mass is 16.3. The lowest BCUT2D eigenvalue weighted by Gasteiger charge is -2.25. The third-order valence-corrected chi connectivity index (χ3v) is 10.6. The van der Waals surface area contributed by atoms with Gasteiger partial charge in [-0.25, -0.2) is 15.0 Å². The minimum atomic E-state index is 0.583. The maximum atomic E-state index is 6.90. The molecule has 11 rings (SSSR count). The maximum absolute atomic E-state index is 6.90. The minimum absolute atomic E-state index is 0.583. The molecule has 3 aromatic heterocycles. The predicted octanol–water partition coefficient (Wildman–Crippen LogP) is 13.3. The lowest BCUT2D eigenvalue weighted by atomic mass is 10.1. The third-order valence-electron chi connectivity index (χ3n) is 10.6. The van der Waals surface area contributed by atoms with E-state index in [0.717, 1.165) is 66.9 Å². The number of hydrogen-bond donors (Lipinski definition) is 0. The van der Waals surface area contributed by atoms with Gasteiger partial charge in [-0.1, -0.05) is 133 Å². The first-order valence-electron chi connectivity index (χ1n) is 19.0. The van der Waals surface area contributed by atoms with Crippen molar-refractivity contribution in [2.45, 2.75) is 0 Å². The van der Waals surface area contributed by atoms with Crippen molar-refractivity contribution in [2.24, 2.45) is 0 Å². The van der Waals surface area contributed by atoms with Crippen LogP contribution in [0.3, 0.4) is 0 Å². The Hall–Kier alpha value is -7.83. The first-order chi connectivity index (χ1) is 28.3. The quantitative estimate of drug-likeness (QED) is 0.163. The molecule has 0 radical (unpaired) electrons. The SMILES string of the molecule is c1ccc(-c2nc(-c3ccccc3)nc(-c3ccc4c(c3)oc3c(N(c5ccccc5)c5ccc6c(c5)c5ccccc5n6-c5ccccc5)cccc34)n2)cc1. The van der Waals surface area contributed by atoms with Crippen LogP contribution < -0.4 is 4.90 Å². The summed E-state index contributed by atoms with van der Waals surface area (Å²) in [6, 6.07) is 69.2. The van der Waals surface area contributed by atoms with Crippen LogP contribution in [0.5, 0.6) is 0 Å². The van der Waals surface area contributed by atoms with Crippen molar-refractivity contribution < 1.29 is 4.42 Å². The van der Waals surface area contributed by atoms with Crippen molar-refractivity contribution in [3.8, 4) is 39.9 Å². The molecule has 0 aliphatic heterocycles. The Labute approximate surface area is 328 Å². The molecule has 0 unspecified atom stereocenters. The van der Waals surface area contributed by atoms with Crippen LogP contribution in [0.1, 0.15) is 0 Å². The number of para-hydroxylation sites is 4. The Morgan fingerprint density at radius 2 is 0.965 bits per heavy atom. The summed E-state index contributed by atoms with van der Waals surface area (Å²) in [7, 11) is 0. The second-order valence-electron chi connectivity index (χ2n) is 14.1. The van der Waals surface area contributed by atoms with Crippen molar-refractivity contribution in [3.63, 3.8) is 0 Å². The van der Waals surface area contributed by atoms with Crippen LogP contribution in [0.4, 0.5) is 17.1 Å². The van der Waals surface area contributed by atoms with Gasteiger partial charge in [-0.2, -0.15) is 0 Å². The molecule has 0 bridgehead atoms. The number of hydrogen-bond acceptors (Lipinski definition) is 5. The number of aromatic nitrogens is 4. The fourth-order valence-electron chi connectivity index (χ4n) is 8.00. The predicted molar refractivity (Wildman–Crippen MR) is 232 cm³/mol. The molecule has 0 aliphatic rings. The molecule has 8 aromatic carbocycles. The van der Waals surface area contributed by atoms with Gasteiger partial charge in [0.05, 0.1) is 16.7 Å². The van der Waals surface area contributed by atoms with Crippen molar-refractivity contribution in [1.82, 2.24) is 19.5 Å². The molecule has 0 saturated heterocycles. The summed E-state index contributed by atoms with van der Waals surface area (Å²) in [5, 5.41) is 4.43. The molecule has 0 fully saturated rings. The van der Waals surface area contributed by atoms with Crippen molar-refractivity contribution in [3.05, 3.63) is 200 Å². The molecule has 57 heavy (non-hydrogen) atoms. The highest BCUT2D eigenvalue weighted by Crippen LogP contribution is 2.44. The first-order valence-corrected chi connectivity index (χ1v) is 19.0. The molecule has 6 nitrogen and oxygen atoms in total. The Bertz CT molecular complexity index is 3170. The van der Waals surface area contributed by atoms with Crippen LogP contribution >= 0.6 is 0 Å². The molecule has 0 aliphatic carbocycles. The molecular weight excluding hydrogens is 699 g/mol. The number of furan rings is 1. The number of rotatable bonds is 7. The lowest BCUT2D eigenvalue weighted by Crippen LogP contribution is -2.10. The van der Waals surface area contributed by atoms with E-state index in [9.17, 15) is 0 Å². The minimum Gasteiger partial charge on any atom is -0.454 e. The molecule has 11 aromatic rings. The van der Waals surface area contributed by atoms with Crippen LogP contribution in [0.25, 0.3) is 83.6 Å². The largest absolute Gasteiger partial charge is 0.454 e. The van der Waals surface area contributed by atoms with Gasteiger partial charge in [0, 0.05) is 55.3 Å². The van der Waals surface area contributed by atoms with E-state index in [1.807, 2.05) is 60.7 Å². The Morgan fingerprint density at radius 1 is 0.386 bits per heavy atom. The first kappa shape index (κ1) is 32.6. The summed E-state index contributed by atoms with van der Waals surface area (Å²) in [5.74, 6) is 1.82. The van der Waals surface area contributed by atoms with E-state index in [0.29, 0.717) is 17.5 Å². The van der Waals surface area contributed by atoms with Crippen molar-refractivity contribution >= 4 is 60.8 Å². The fraction of sp³-hybridized carbons (Fsp3) is 0. The van der Waals surface area contributed by atoms with Gasteiger partial charge < -0.3 is 13.9 Å². The summed E-state index contributed by atoms with van der Waals surface area (Å²) < 4.78 is 9.25. The number of benzene rings is 8. The average molecular weight is 732 g/mol. The van der Waals surface area contributed by atoms with E-state index in [1.165, 1.54) is 16.3 Å². The molecule has 268 valence electrons. The van der Waals surface area contributed by atoms with E-state index in [-0.39, 0.29) is 0 Å². The molecular formula is C51H33N5O. The van der Waals surface area contributed by atoms with Crippen LogP contribution in [0.2, 0.25) is 0 Å². The van der Waals surface area contributed by atoms with Crippen LogP contribution in [0.15, 0.2) is 205 Å². The van der Waals surface area contributed by atoms with E-state index in [1.54, 1.807) is 0 Å². The van der Waals surface area contributed by atoms with Gasteiger partial charge >= 0.3 is 0 Å². The zero-order valence-electron chi connectivity index (χ0n) is 30.7. The number of nitrogens with zero attached hydrogens (tertiary/aromatic N) is 5. The topological polar surface area (TPSA) is 60.0 Å². The Kier molecular flexibility index (Phi) is 7.71. The summed E-state index contributed by atoms with van der Waals surface area (Å²) >= 11 is 0. The van der Waals surface area contributed by atoms with Gasteiger partial charge in [-0.3, -0.25) is 0 Å². The van der Waals surface area contributed by atoms with Gasteiger partial charge in [-0.05, 0) is 66.7 Å². The van der Waals surface area contributed by atoms with Gasteiger partial charge in [0.15, 0.2) is 23.1 Å². The third kappa shape index (κ3) is 5.62. The van der Waals surface area contributed by atoms with E-state index in [4.69, 9.17) is 19.4 Å². The molecule has 0 spiro atoms. The highest BCUT2D eigenvalue weighted by molar-refractivity contribution is 6.13. The second kappa shape index (κ2) is 13.5. The number of anilines is 3. The van der Waals surface area contributed by atoms with Crippen molar-refractivity contribution in [1.29, 1.82) is 0 Å². The molecule has 0 amide bonds. The van der Waals surface area contributed by atoms with Gasteiger partial charge in [0.2, 0.25) is 0 Å². The van der Waals surface area contributed by atoms with E-state index < -0.39 is 0 Å². The second-order valence-corrected chi connectivity index (χ2v) is 14.1. The Balaban J connectivity index is 1.08. The summed E-state index contributed by atoms with van der Waals surface area (Å²) in [5.41, 5.74) is 10.7. The molecule has 3 heterocycles. The zero-order valence-corrected chi connectivity index (χ0v) is 30.7. The summed E-state index contributed by atoms with van der Waals surface area (Å²) in [4.78, 5) is 17.1. The molecule has 6 heteroatoms. The smallest absolute Gasteiger partial charge is 0.164 e. The zero-order chi connectivity index (χ0) is 37.7. The average Bonchev–Trinajstić information content (AvgIpc) is 3.83. The van der Waals surface area contributed by atoms with Gasteiger partial charge in [0.1, 0.15) is 5.58 Å². The monoisotopic (exact) mass is 731 g/mol. The van der Waals surface area contributed by atoms with Crippen molar-refractivity contribution in [2.75, 3.05) is 4.90 Å². The standard InChI is InChI=1S/C51H33N5O/c1-5-16-34(17-6-1)49-52-50(35-18-7-2-8-19-35)54-51(53-49)36-28-30-41-42-25-15-27-46(48(42)57-47(41)32-36)55(37-20-9-3-10-21-37)39-29-31-45-43(33-39)40-24-13-14-26-44(40)56(45)38-22-11-4-12-23-38/h1-33H. The molecule has 0 N–H and O–H groups in total.